The Labute approximate surface area is 151 Å². The molecule has 0 radical (unpaired) electrons. The Kier molecular flexibility index (Phi) is 3.75. The molecule has 6 heteroatoms. The van der Waals surface area contributed by atoms with Gasteiger partial charge in [0.1, 0.15) is 12.1 Å². The first-order valence-corrected chi connectivity index (χ1v) is 8.98. The van der Waals surface area contributed by atoms with E-state index >= 15 is 0 Å². The van der Waals surface area contributed by atoms with Crippen molar-refractivity contribution in [3.05, 3.63) is 66.5 Å². The number of hydrogen-bond donors (Lipinski definition) is 0. The van der Waals surface area contributed by atoms with E-state index < -0.39 is 0 Å². The topological polar surface area (TPSA) is 49.6 Å². The van der Waals surface area contributed by atoms with Crippen LogP contribution in [0, 0.1) is 0 Å². The first-order valence-electron chi connectivity index (χ1n) is 8.98. The molecule has 0 aliphatic carbocycles. The van der Waals surface area contributed by atoms with Crippen molar-refractivity contribution >= 4 is 22.2 Å². The maximum Gasteiger partial charge on any atom is 0.177 e. The number of hydrogen-bond acceptors (Lipinski definition) is 5. The zero-order valence-electron chi connectivity index (χ0n) is 14.5. The van der Waals surface area contributed by atoms with E-state index in [1.807, 2.05) is 12.1 Å². The number of anilines is 1. The Morgan fingerprint density at radius 1 is 0.846 bits per heavy atom. The van der Waals surface area contributed by atoms with Gasteiger partial charge in [0, 0.05) is 32.7 Å². The first kappa shape index (κ1) is 15.3. The van der Waals surface area contributed by atoms with Gasteiger partial charge in [-0.05, 0) is 28.5 Å². The molecule has 2 aromatic carbocycles. The predicted octanol–water partition coefficient (Wildman–Crippen LogP) is 2.60. The lowest BCUT2D eigenvalue weighted by atomic mass is 10.0. The first-order chi connectivity index (χ1) is 12.9. The summed E-state index contributed by atoms with van der Waals surface area (Å²) in [6, 6.07) is 19.2. The van der Waals surface area contributed by atoms with Crippen LogP contribution in [0.15, 0.2) is 60.9 Å². The molecule has 6 nitrogen and oxygen atoms in total. The average Bonchev–Trinajstić information content (AvgIpc) is 3.17. The summed E-state index contributed by atoms with van der Waals surface area (Å²) in [5.41, 5.74) is 2.18. The van der Waals surface area contributed by atoms with Crippen LogP contribution in [0.4, 0.5) is 5.82 Å². The van der Waals surface area contributed by atoms with E-state index in [4.69, 9.17) is 0 Å². The van der Waals surface area contributed by atoms with E-state index in [-0.39, 0.29) is 0 Å². The monoisotopic (exact) mass is 344 g/mol. The summed E-state index contributed by atoms with van der Waals surface area (Å²) in [5, 5.41) is 15.2. The van der Waals surface area contributed by atoms with Crippen LogP contribution in [0.1, 0.15) is 5.56 Å². The lowest BCUT2D eigenvalue weighted by molar-refractivity contribution is 0.250. The molecule has 1 fully saturated rings. The largest absolute Gasteiger partial charge is 0.353 e. The van der Waals surface area contributed by atoms with Crippen molar-refractivity contribution in [3.8, 4) is 0 Å². The zero-order valence-corrected chi connectivity index (χ0v) is 14.5. The molecule has 1 aliphatic heterocycles. The quantitative estimate of drug-likeness (QED) is 0.572. The van der Waals surface area contributed by atoms with Crippen LogP contribution in [-0.2, 0) is 6.54 Å². The van der Waals surface area contributed by atoms with Crippen LogP contribution in [-0.4, -0.2) is 50.9 Å². The third-order valence-electron chi connectivity index (χ3n) is 5.12. The maximum absolute atomic E-state index is 4.61. The van der Waals surface area contributed by atoms with Crippen molar-refractivity contribution in [2.24, 2.45) is 0 Å². The zero-order chi connectivity index (χ0) is 17.3. The number of rotatable bonds is 3. The maximum atomic E-state index is 4.61. The number of nitrogens with zero attached hydrogens (tertiary/aromatic N) is 6. The Balaban J connectivity index is 1.29. The Morgan fingerprint density at radius 2 is 1.69 bits per heavy atom. The van der Waals surface area contributed by atoms with Gasteiger partial charge in [0.25, 0.3) is 0 Å². The summed E-state index contributed by atoms with van der Waals surface area (Å²) in [6.45, 7) is 5.01. The standard InChI is InChI=1S/C20H20N6/c1-2-7-18-16(4-1)5-3-6-17(18)14-24-10-12-25(13-11-24)20-9-8-19-22-21-15-26(19)23-20/h1-9,15H,10-14H2. The van der Waals surface area contributed by atoms with Gasteiger partial charge in [-0.15, -0.1) is 15.3 Å². The van der Waals surface area contributed by atoms with Gasteiger partial charge in [-0.2, -0.15) is 4.52 Å². The summed E-state index contributed by atoms with van der Waals surface area (Å²) < 4.78 is 1.73. The molecule has 26 heavy (non-hydrogen) atoms. The highest BCUT2D eigenvalue weighted by atomic mass is 15.4. The second kappa shape index (κ2) is 6.38. The van der Waals surface area contributed by atoms with Gasteiger partial charge < -0.3 is 4.90 Å². The van der Waals surface area contributed by atoms with E-state index in [0.717, 1.165) is 44.2 Å². The average molecular weight is 344 g/mol. The van der Waals surface area contributed by atoms with E-state index in [0.29, 0.717) is 0 Å². The van der Waals surface area contributed by atoms with Crippen molar-refractivity contribution in [2.45, 2.75) is 6.54 Å². The fourth-order valence-corrected chi connectivity index (χ4v) is 3.69. The molecule has 0 bridgehead atoms. The van der Waals surface area contributed by atoms with Crippen LogP contribution in [0.5, 0.6) is 0 Å². The fourth-order valence-electron chi connectivity index (χ4n) is 3.69. The Bertz CT molecular complexity index is 1040. The summed E-state index contributed by atoms with van der Waals surface area (Å²) in [7, 11) is 0. The highest BCUT2D eigenvalue weighted by molar-refractivity contribution is 5.85. The van der Waals surface area contributed by atoms with Crippen molar-refractivity contribution in [1.29, 1.82) is 0 Å². The molecule has 1 aliphatic rings. The van der Waals surface area contributed by atoms with E-state index in [1.54, 1.807) is 10.8 Å². The molecule has 3 heterocycles. The van der Waals surface area contributed by atoms with Crippen molar-refractivity contribution in [3.63, 3.8) is 0 Å². The lowest BCUT2D eigenvalue weighted by Gasteiger charge is -2.35. The van der Waals surface area contributed by atoms with Gasteiger partial charge in [0.15, 0.2) is 5.65 Å². The van der Waals surface area contributed by atoms with Crippen LogP contribution in [0.3, 0.4) is 0 Å². The van der Waals surface area contributed by atoms with Crippen molar-refractivity contribution < 1.29 is 0 Å². The molecule has 0 N–H and O–H groups in total. The van der Waals surface area contributed by atoms with Gasteiger partial charge >= 0.3 is 0 Å². The van der Waals surface area contributed by atoms with Crippen molar-refractivity contribution in [1.82, 2.24) is 24.7 Å². The summed E-state index contributed by atoms with van der Waals surface area (Å²) in [4.78, 5) is 4.86. The van der Waals surface area contributed by atoms with Crippen molar-refractivity contribution in [2.75, 3.05) is 31.1 Å². The van der Waals surface area contributed by atoms with Crippen LogP contribution in [0.25, 0.3) is 16.4 Å². The number of aromatic nitrogens is 4. The van der Waals surface area contributed by atoms with Gasteiger partial charge in [-0.1, -0.05) is 42.5 Å². The highest BCUT2D eigenvalue weighted by Gasteiger charge is 2.19. The lowest BCUT2D eigenvalue weighted by Crippen LogP contribution is -2.46. The SMILES string of the molecule is c1ccc2c(CN3CCN(c4ccc5nncn5n4)CC3)cccc2c1. The Morgan fingerprint density at radius 3 is 2.62 bits per heavy atom. The molecule has 4 aromatic rings. The number of benzene rings is 2. The molecular weight excluding hydrogens is 324 g/mol. The van der Waals surface area contributed by atoms with E-state index in [2.05, 4.69) is 67.6 Å². The minimum Gasteiger partial charge on any atom is -0.353 e. The molecule has 0 unspecified atom stereocenters. The second-order valence-electron chi connectivity index (χ2n) is 6.73. The second-order valence-corrected chi connectivity index (χ2v) is 6.73. The van der Waals surface area contributed by atoms with Crippen LogP contribution < -0.4 is 4.90 Å². The number of fused-ring (bicyclic) bond motifs is 2. The molecule has 2 aromatic heterocycles. The molecule has 0 atom stereocenters. The molecule has 5 rings (SSSR count). The Hall–Kier alpha value is -2.99. The molecule has 1 saturated heterocycles. The van der Waals surface area contributed by atoms with E-state index in [1.165, 1.54) is 16.3 Å². The van der Waals surface area contributed by atoms with E-state index in [9.17, 15) is 0 Å². The highest BCUT2D eigenvalue weighted by Crippen LogP contribution is 2.21. The smallest absolute Gasteiger partial charge is 0.177 e. The van der Waals surface area contributed by atoms with Crippen LogP contribution >= 0.6 is 0 Å². The molecular formula is C20H20N6. The minimum atomic E-state index is 0.781. The third kappa shape index (κ3) is 2.78. The molecule has 130 valence electrons. The predicted molar refractivity (Wildman–Crippen MR) is 102 cm³/mol. The molecule has 0 amide bonds. The summed E-state index contributed by atoms with van der Waals surface area (Å²) in [6.07, 6.45) is 1.65. The fraction of sp³-hybridized carbons (Fsp3) is 0.250. The van der Waals surface area contributed by atoms with Gasteiger partial charge in [-0.25, -0.2) is 0 Å². The third-order valence-corrected chi connectivity index (χ3v) is 5.12. The van der Waals surface area contributed by atoms with Crippen LogP contribution in [0.2, 0.25) is 0 Å². The van der Waals surface area contributed by atoms with Gasteiger partial charge in [0.2, 0.25) is 0 Å². The summed E-state index contributed by atoms with van der Waals surface area (Å²) in [5.74, 6) is 0.988. The minimum absolute atomic E-state index is 0.781. The summed E-state index contributed by atoms with van der Waals surface area (Å²) >= 11 is 0. The number of piperazine rings is 1. The van der Waals surface area contributed by atoms with Gasteiger partial charge in [0.05, 0.1) is 0 Å². The van der Waals surface area contributed by atoms with Gasteiger partial charge in [-0.3, -0.25) is 4.90 Å². The molecule has 0 saturated carbocycles. The molecule has 0 spiro atoms. The normalized spacial score (nSPS) is 15.8.